The van der Waals surface area contributed by atoms with E-state index < -0.39 is 0 Å². The van der Waals surface area contributed by atoms with Gasteiger partial charge in [0.2, 0.25) is 5.91 Å². The highest BCUT2D eigenvalue weighted by Crippen LogP contribution is 2.41. The SMILES string of the molecule is N#Cc1ccc(C[C@H]2CCC(c3ccc(Cl)cc3Cl)N(c3ccc(Cl)cc3)C2=O)cc1. The first-order chi connectivity index (χ1) is 15.0. The lowest BCUT2D eigenvalue weighted by molar-refractivity contribution is -0.124. The summed E-state index contributed by atoms with van der Waals surface area (Å²) in [5.41, 5.74) is 3.32. The number of carbonyl (C=O) groups is 1. The van der Waals surface area contributed by atoms with Crippen LogP contribution in [0.4, 0.5) is 5.69 Å². The van der Waals surface area contributed by atoms with Gasteiger partial charge in [-0.25, -0.2) is 0 Å². The van der Waals surface area contributed by atoms with Gasteiger partial charge in [-0.2, -0.15) is 5.26 Å². The first-order valence-electron chi connectivity index (χ1n) is 9.99. The molecule has 3 aromatic rings. The number of hydrogen-bond acceptors (Lipinski definition) is 2. The van der Waals surface area contributed by atoms with Crippen molar-refractivity contribution in [2.75, 3.05) is 4.90 Å². The molecule has 0 aliphatic carbocycles. The second-order valence-electron chi connectivity index (χ2n) is 7.65. The van der Waals surface area contributed by atoms with E-state index in [1.165, 1.54) is 0 Å². The first kappa shape index (κ1) is 21.7. The molecular weight excluding hydrogens is 451 g/mol. The van der Waals surface area contributed by atoms with Crippen molar-refractivity contribution >= 4 is 46.4 Å². The molecule has 1 aliphatic rings. The second-order valence-corrected chi connectivity index (χ2v) is 8.93. The van der Waals surface area contributed by atoms with E-state index in [0.29, 0.717) is 27.1 Å². The van der Waals surface area contributed by atoms with Crippen LogP contribution in [0, 0.1) is 17.2 Å². The topological polar surface area (TPSA) is 44.1 Å². The molecule has 1 aliphatic heterocycles. The Balaban J connectivity index is 1.67. The number of carbonyl (C=O) groups excluding carboxylic acids is 1. The smallest absolute Gasteiger partial charge is 0.231 e. The fourth-order valence-electron chi connectivity index (χ4n) is 4.13. The molecule has 0 saturated carbocycles. The molecule has 1 heterocycles. The van der Waals surface area contributed by atoms with Crippen LogP contribution in [-0.4, -0.2) is 5.91 Å². The van der Waals surface area contributed by atoms with Crippen molar-refractivity contribution in [1.82, 2.24) is 0 Å². The quantitative estimate of drug-likeness (QED) is 0.404. The molecule has 2 atom stereocenters. The van der Waals surface area contributed by atoms with Crippen LogP contribution in [0.5, 0.6) is 0 Å². The molecule has 4 rings (SSSR count). The van der Waals surface area contributed by atoms with Gasteiger partial charge in [0.1, 0.15) is 0 Å². The van der Waals surface area contributed by atoms with Gasteiger partial charge in [-0.05, 0) is 78.9 Å². The summed E-state index contributed by atoms with van der Waals surface area (Å²) in [6.45, 7) is 0. The summed E-state index contributed by atoms with van der Waals surface area (Å²) in [6.07, 6.45) is 2.14. The van der Waals surface area contributed by atoms with Crippen LogP contribution >= 0.6 is 34.8 Å². The van der Waals surface area contributed by atoms with Gasteiger partial charge in [0.25, 0.3) is 0 Å². The third kappa shape index (κ3) is 4.72. The monoisotopic (exact) mass is 468 g/mol. The van der Waals surface area contributed by atoms with Gasteiger partial charge in [-0.15, -0.1) is 0 Å². The van der Waals surface area contributed by atoms with Crippen molar-refractivity contribution in [1.29, 1.82) is 5.26 Å². The molecule has 1 unspecified atom stereocenters. The van der Waals surface area contributed by atoms with Gasteiger partial charge in [0.15, 0.2) is 0 Å². The van der Waals surface area contributed by atoms with Crippen LogP contribution in [0.25, 0.3) is 0 Å². The fraction of sp³-hybridized carbons (Fsp3) is 0.200. The summed E-state index contributed by atoms with van der Waals surface area (Å²) in [6, 6.07) is 22.1. The Hall–Kier alpha value is -2.51. The van der Waals surface area contributed by atoms with Gasteiger partial charge in [0, 0.05) is 26.7 Å². The molecule has 0 N–H and O–H groups in total. The van der Waals surface area contributed by atoms with Crippen molar-refractivity contribution in [3.63, 3.8) is 0 Å². The molecular formula is C25H19Cl3N2O. The molecule has 3 nitrogen and oxygen atoms in total. The average Bonchev–Trinajstić information content (AvgIpc) is 2.77. The Kier molecular flexibility index (Phi) is 6.53. The molecule has 3 aromatic carbocycles. The van der Waals surface area contributed by atoms with E-state index in [-0.39, 0.29) is 17.9 Å². The van der Waals surface area contributed by atoms with E-state index in [9.17, 15) is 4.79 Å². The van der Waals surface area contributed by atoms with Crippen LogP contribution in [0.1, 0.15) is 35.6 Å². The molecule has 156 valence electrons. The summed E-state index contributed by atoms with van der Waals surface area (Å²) in [5.74, 6) is -0.111. The molecule has 0 bridgehead atoms. The minimum atomic E-state index is -0.185. The summed E-state index contributed by atoms with van der Waals surface area (Å²) in [5, 5.41) is 10.7. The van der Waals surface area contributed by atoms with E-state index in [1.54, 1.807) is 36.4 Å². The van der Waals surface area contributed by atoms with Crippen LogP contribution < -0.4 is 4.90 Å². The Morgan fingerprint density at radius 3 is 2.23 bits per heavy atom. The molecule has 0 spiro atoms. The highest BCUT2D eigenvalue weighted by atomic mass is 35.5. The van der Waals surface area contributed by atoms with E-state index in [1.807, 2.05) is 35.2 Å². The number of nitrogens with zero attached hydrogens (tertiary/aromatic N) is 2. The lowest BCUT2D eigenvalue weighted by atomic mass is 9.84. The van der Waals surface area contributed by atoms with Crippen molar-refractivity contribution in [2.24, 2.45) is 5.92 Å². The molecule has 1 fully saturated rings. The number of nitriles is 1. The Bertz CT molecular complexity index is 1140. The van der Waals surface area contributed by atoms with E-state index in [4.69, 9.17) is 40.1 Å². The summed E-state index contributed by atoms with van der Waals surface area (Å²) in [7, 11) is 0. The molecule has 0 radical (unpaired) electrons. The summed E-state index contributed by atoms with van der Waals surface area (Å²) >= 11 is 18.7. The predicted molar refractivity (Wildman–Crippen MR) is 126 cm³/mol. The molecule has 0 aromatic heterocycles. The highest BCUT2D eigenvalue weighted by Gasteiger charge is 2.37. The van der Waals surface area contributed by atoms with Crippen LogP contribution in [-0.2, 0) is 11.2 Å². The average molecular weight is 470 g/mol. The number of halogens is 3. The maximum atomic E-state index is 13.7. The summed E-state index contributed by atoms with van der Waals surface area (Å²) in [4.78, 5) is 15.5. The fourth-order valence-corrected chi connectivity index (χ4v) is 4.79. The third-order valence-electron chi connectivity index (χ3n) is 5.68. The number of rotatable bonds is 4. The van der Waals surface area contributed by atoms with Crippen LogP contribution in [0.15, 0.2) is 66.7 Å². The standard InChI is InChI=1S/C25H19Cl3N2O/c26-19-6-9-21(10-7-19)30-24(22-11-8-20(27)14-23(22)28)12-5-18(25(30)31)13-16-1-3-17(15-29)4-2-16/h1-4,6-11,14,18,24H,5,12-13H2/t18-,24?/m1/s1. The first-order valence-corrected chi connectivity index (χ1v) is 11.1. The van der Waals surface area contributed by atoms with E-state index in [0.717, 1.165) is 29.7 Å². The van der Waals surface area contributed by atoms with E-state index in [2.05, 4.69) is 6.07 Å². The molecule has 1 amide bonds. The zero-order valence-corrected chi connectivity index (χ0v) is 18.8. The minimum Gasteiger partial charge on any atom is -0.305 e. The lowest BCUT2D eigenvalue weighted by Crippen LogP contribution is -2.44. The molecule has 6 heteroatoms. The van der Waals surface area contributed by atoms with Gasteiger partial charge in [-0.1, -0.05) is 53.0 Å². The Morgan fingerprint density at radius 2 is 1.58 bits per heavy atom. The van der Waals surface area contributed by atoms with Crippen LogP contribution in [0.2, 0.25) is 15.1 Å². The minimum absolute atomic E-state index is 0.0500. The zero-order valence-electron chi connectivity index (χ0n) is 16.6. The van der Waals surface area contributed by atoms with Gasteiger partial charge >= 0.3 is 0 Å². The number of anilines is 1. The van der Waals surface area contributed by atoms with E-state index >= 15 is 0 Å². The van der Waals surface area contributed by atoms with Gasteiger partial charge < -0.3 is 4.90 Å². The Labute approximate surface area is 196 Å². The lowest BCUT2D eigenvalue weighted by Gasteiger charge is -2.40. The van der Waals surface area contributed by atoms with Gasteiger partial charge in [-0.3, -0.25) is 4.79 Å². The van der Waals surface area contributed by atoms with Crippen molar-refractivity contribution < 1.29 is 4.79 Å². The number of hydrogen-bond donors (Lipinski definition) is 0. The maximum Gasteiger partial charge on any atom is 0.231 e. The maximum absolute atomic E-state index is 13.7. The number of piperidine rings is 1. The molecule has 1 saturated heterocycles. The van der Waals surface area contributed by atoms with Crippen molar-refractivity contribution in [3.05, 3.63) is 98.5 Å². The molecule has 31 heavy (non-hydrogen) atoms. The Morgan fingerprint density at radius 1 is 0.903 bits per heavy atom. The van der Waals surface area contributed by atoms with Gasteiger partial charge in [0.05, 0.1) is 17.7 Å². The highest BCUT2D eigenvalue weighted by molar-refractivity contribution is 6.35. The van der Waals surface area contributed by atoms with Crippen LogP contribution in [0.3, 0.4) is 0 Å². The second kappa shape index (κ2) is 9.32. The largest absolute Gasteiger partial charge is 0.305 e. The van der Waals surface area contributed by atoms with Crippen molar-refractivity contribution in [3.8, 4) is 6.07 Å². The zero-order chi connectivity index (χ0) is 22.0. The number of benzene rings is 3. The number of amides is 1. The summed E-state index contributed by atoms with van der Waals surface area (Å²) < 4.78 is 0. The normalized spacial score (nSPS) is 18.6. The third-order valence-corrected chi connectivity index (χ3v) is 6.49. The predicted octanol–water partition coefficient (Wildman–Crippen LogP) is 7.25. The van der Waals surface area contributed by atoms with Crippen molar-refractivity contribution in [2.45, 2.75) is 25.3 Å².